The largest absolute Gasteiger partial charge is 0.390 e. The van der Waals surface area contributed by atoms with E-state index in [4.69, 9.17) is 11.6 Å². The number of nitrogens with zero attached hydrogens (tertiary/aromatic N) is 3. The molecule has 6 nitrogen and oxygen atoms in total. The molecule has 2 amide bonds. The topological polar surface area (TPSA) is 73.7 Å². The maximum Gasteiger partial charge on any atom is 0.252 e. The molecule has 0 unspecified atom stereocenters. The number of piperazine rings is 1. The van der Waals surface area contributed by atoms with Crippen LogP contribution in [-0.4, -0.2) is 45.0 Å². The van der Waals surface area contributed by atoms with Crippen LogP contribution >= 0.6 is 11.6 Å². The van der Waals surface area contributed by atoms with Gasteiger partial charge in [0.2, 0.25) is 5.91 Å². The Balaban J connectivity index is 1.50. The van der Waals surface area contributed by atoms with Gasteiger partial charge in [-0.05, 0) is 43.0 Å². The van der Waals surface area contributed by atoms with Gasteiger partial charge in [-0.2, -0.15) is 0 Å². The summed E-state index contributed by atoms with van der Waals surface area (Å²) in [6.45, 7) is -0.234. The highest BCUT2D eigenvalue weighted by atomic mass is 35.5. The number of carbonyl (C=O) groups is 2. The van der Waals surface area contributed by atoms with Crippen molar-refractivity contribution in [1.82, 2.24) is 9.88 Å². The summed E-state index contributed by atoms with van der Waals surface area (Å²) in [6, 6.07) is 5.91. The van der Waals surface area contributed by atoms with E-state index in [0.717, 1.165) is 11.0 Å². The van der Waals surface area contributed by atoms with Gasteiger partial charge in [0.25, 0.3) is 5.91 Å². The van der Waals surface area contributed by atoms with E-state index in [2.05, 4.69) is 4.98 Å². The van der Waals surface area contributed by atoms with E-state index in [-0.39, 0.29) is 29.8 Å². The lowest BCUT2D eigenvalue weighted by Gasteiger charge is -2.71. The van der Waals surface area contributed by atoms with Gasteiger partial charge in [0.1, 0.15) is 18.4 Å². The number of aromatic nitrogens is 1. The second-order valence-electron chi connectivity index (χ2n) is 8.55. The molecule has 1 saturated heterocycles. The number of hydrogen-bond donors (Lipinski definition) is 1. The molecule has 2 aromatic rings. The van der Waals surface area contributed by atoms with E-state index >= 15 is 0 Å². The van der Waals surface area contributed by atoms with Crippen LogP contribution in [0.1, 0.15) is 24.8 Å². The minimum absolute atomic E-state index is 0.0863. The van der Waals surface area contributed by atoms with E-state index in [0.29, 0.717) is 24.8 Å². The minimum atomic E-state index is -0.852. The average molecular weight is 434 g/mol. The Morgan fingerprint density at radius 2 is 1.83 bits per heavy atom. The summed E-state index contributed by atoms with van der Waals surface area (Å²) in [7, 11) is 0. The molecule has 2 heterocycles. The summed E-state index contributed by atoms with van der Waals surface area (Å²) in [5, 5.41) is 10.3. The number of hydrogen-bond acceptors (Lipinski definition) is 4. The first-order chi connectivity index (χ1) is 14.2. The molecule has 3 saturated carbocycles. The number of benzene rings is 1. The van der Waals surface area contributed by atoms with Crippen molar-refractivity contribution in [2.75, 3.05) is 11.4 Å². The molecule has 3 aliphatic carbocycles. The highest BCUT2D eigenvalue weighted by Crippen LogP contribution is 2.70. The molecule has 2 bridgehead atoms. The maximum atomic E-state index is 14.5. The first-order valence-electron chi connectivity index (χ1n) is 9.59. The third kappa shape index (κ3) is 2.89. The van der Waals surface area contributed by atoms with E-state index in [1.54, 1.807) is 12.1 Å². The molecule has 1 N–H and O–H groups in total. The Hall–Kier alpha value is -2.58. The predicted molar refractivity (Wildman–Crippen MR) is 104 cm³/mol. The van der Waals surface area contributed by atoms with Gasteiger partial charge in [0.05, 0.1) is 10.6 Å². The fraction of sp³-hybridized carbons (Fsp3) is 0.381. The zero-order valence-corrected chi connectivity index (χ0v) is 16.6. The van der Waals surface area contributed by atoms with Gasteiger partial charge in [-0.15, -0.1) is 0 Å². The minimum Gasteiger partial charge on any atom is -0.390 e. The Labute approximate surface area is 176 Å². The highest BCUT2D eigenvalue weighted by molar-refractivity contribution is 6.30. The van der Waals surface area contributed by atoms with Gasteiger partial charge in [-0.1, -0.05) is 23.7 Å². The molecule has 1 aliphatic heterocycles. The van der Waals surface area contributed by atoms with Crippen LogP contribution in [-0.2, 0) is 16.1 Å². The zero-order chi connectivity index (χ0) is 21.3. The highest BCUT2D eigenvalue weighted by Gasteiger charge is 2.73. The molecular weight excluding hydrogens is 416 g/mol. The van der Waals surface area contributed by atoms with Crippen molar-refractivity contribution in [2.24, 2.45) is 5.41 Å². The van der Waals surface area contributed by atoms with Gasteiger partial charge < -0.3 is 10.0 Å². The standard InChI is InChI=1S/C21H18ClF2N3O3/c22-13-5-15(24)18(25-6-13)27-8-16(28)26(7-12-1-3-14(23)4-2-12)17(19(27)29)20-9-21(30,10-20)11-20/h1-6,17,30H,7-11H2/t17-,20?,21?/m0/s1. The lowest BCUT2D eigenvalue weighted by molar-refractivity contribution is -0.280. The van der Waals surface area contributed by atoms with Gasteiger partial charge >= 0.3 is 0 Å². The lowest BCUT2D eigenvalue weighted by atomic mass is 9.38. The molecular formula is C21H18ClF2N3O3. The summed E-state index contributed by atoms with van der Waals surface area (Å²) in [6.07, 6.45) is 2.46. The fourth-order valence-electron chi connectivity index (χ4n) is 5.17. The Kier molecular flexibility index (Phi) is 4.17. The molecule has 0 radical (unpaired) electrons. The van der Waals surface area contributed by atoms with Crippen LogP contribution in [0.4, 0.5) is 14.6 Å². The first-order valence-corrected chi connectivity index (χ1v) is 9.96. The molecule has 1 aromatic carbocycles. The Morgan fingerprint density at radius 1 is 1.17 bits per heavy atom. The van der Waals surface area contributed by atoms with Gasteiger partial charge in [0, 0.05) is 18.2 Å². The predicted octanol–water partition coefficient (Wildman–Crippen LogP) is 2.67. The Morgan fingerprint density at radius 3 is 2.43 bits per heavy atom. The van der Waals surface area contributed by atoms with Crippen molar-refractivity contribution in [3.63, 3.8) is 0 Å². The molecule has 1 aromatic heterocycles. The van der Waals surface area contributed by atoms with E-state index in [1.807, 2.05) is 0 Å². The van der Waals surface area contributed by atoms with Crippen LogP contribution in [0.2, 0.25) is 5.02 Å². The van der Waals surface area contributed by atoms with Crippen molar-refractivity contribution in [2.45, 2.75) is 37.5 Å². The molecule has 30 heavy (non-hydrogen) atoms. The summed E-state index contributed by atoms with van der Waals surface area (Å²) >= 11 is 5.76. The number of amides is 2. The molecule has 6 rings (SSSR count). The van der Waals surface area contributed by atoms with Crippen molar-refractivity contribution < 1.29 is 23.5 Å². The third-order valence-corrected chi connectivity index (χ3v) is 6.57. The van der Waals surface area contributed by atoms with E-state index in [1.165, 1.54) is 23.2 Å². The number of anilines is 1. The average Bonchev–Trinajstić information content (AvgIpc) is 2.64. The summed E-state index contributed by atoms with van der Waals surface area (Å²) in [5.74, 6) is -2.22. The van der Waals surface area contributed by atoms with Gasteiger partial charge in [-0.25, -0.2) is 13.8 Å². The second-order valence-corrected chi connectivity index (χ2v) is 8.99. The van der Waals surface area contributed by atoms with Crippen LogP contribution in [0, 0.1) is 17.0 Å². The normalized spacial score (nSPS) is 30.2. The van der Waals surface area contributed by atoms with E-state index in [9.17, 15) is 23.5 Å². The number of aliphatic hydroxyl groups is 1. The monoisotopic (exact) mass is 433 g/mol. The van der Waals surface area contributed by atoms with Crippen molar-refractivity contribution in [3.8, 4) is 0 Å². The summed E-state index contributed by atoms with van der Waals surface area (Å²) < 4.78 is 27.7. The quantitative estimate of drug-likeness (QED) is 0.804. The van der Waals surface area contributed by atoms with Crippen molar-refractivity contribution in [1.29, 1.82) is 0 Å². The van der Waals surface area contributed by atoms with Gasteiger partial charge in [-0.3, -0.25) is 14.5 Å². The fourth-order valence-corrected chi connectivity index (χ4v) is 5.32. The SMILES string of the molecule is O=C1[C@@H](C23CC(O)(C2)C3)N(Cc2ccc(F)cc2)C(=O)CN1c1ncc(Cl)cc1F. The van der Waals surface area contributed by atoms with Crippen molar-refractivity contribution in [3.05, 3.63) is 58.7 Å². The van der Waals surface area contributed by atoms with Crippen LogP contribution in [0.5, 0.6) is 0 Å². The van der Waals surface area contributed by atoms with Crippen LogP contribution in [0.15, 0.2) is 36.5 Å². The second kappa shape index (κ2) is 6.46. The zero-order valence-electron chi connectivity index (χ0n) is 15.8. The molecule has 1 atom stereocenters. The number of rotatable bonds is 4. The smallest absolute Gasteiger partial charge is 0.252 e. The van der Waals surface area contributed by atoms with Crippen molar-refractivity contribution >= 4 is 29.2 Å². The third-order valence-electron chi connectivity index (χ3n) is 6.36. The van der Waals surface area contributed by atoms with Crippen LogP contribution in [0.3, 0.4) is 0 Å². The molecule has 156 valence electrons. The van der Waals surface area contributed by atoms with Gasteiger partial charge in [0.15, 0.2) is 11.6 Å². The summed E-state index contributed by atoms with van der Waals surface area (Å²) in [5.41, 5.74) is -0.642. The molecule has 9 heteroatoms. The van der Waals surface area contributed by atoms with Crippen LogP contribution in [0.25, 0.3) is 0 Å². The lowest BCUT2D eigenvalue weighted by Crippen LogP contribution is -2.78. The summed E-state index contributed by atoms with van der Waals surface area (Å²) in [4.78, 5) is 33.0. The first kappa shape index (κ1) is 19.4. The van der Waals surface area contributed by atoms with E-state index < -0.39 is 34.6 Å². The molecule has 4 aliphatic rings. The molecule has 4 fully saturated rings. The number of pyridine rings is 1. The number of halogens is 3. The maximum absolute atomic E-state index is 14.5. The number of carbonyl (C=O) groups excluding carboxylic acids is 2. The van der Waals surface area contributed by atoms with Crippen LogP contribution < -0.4 is 4.90 Å². The Bertz CT molecular complexity index is 1040. The molecule has 0 spiro atoms.